The summed E-state index contributed by atoms with van der Waals surface area (Å²) in [5.41, 5.74) is 0.277. The van der Waals surface area contributed by atoms with Crippen LogP contribution >= 0.6 is 0 Å². The molecule has 1 aromatic carbocycles. The first-order valence-corrected chi connectivity index (χ1v) is 13.4. The molecule has 0 bridgehead atoms. The molecule has 37 heavy (non-hydrogen) atoms. The summed E-state index contributed by atoms with van der Waals surface area (Å²) in [5, 5.41) is 15.7. The summed E-state index contributed by atoms with van der Waals surface area (Å²) in [7, 11) is 0. The van der Waals surface area contributed by atoms with Crippen molar-refractivity contribution in [3.8, 4) is 12.3 Å². The molecule has 0 aliphatic heterocycles. The summed E-state index contributed by atoms with van der Waals surface area (Å²) in [4.78, 5) is 41.6. The van der Waals surface area contributed by atoms with Gasteiger partial charge in [0.1, 0.15) is 17.7 Å². The van der Waals surface area contributed by atoms with Gasteiger partial charge in [-0.2, -0.15) is 0 Å². The van der Waals surface area contributed by atoms with E-state index in [2.05, 4.69) is 16.6 Å². The van der Waals surface area contributed by atoms with Gasteiger partial charge in [0, 0.05) is 18.2 Å². The van der Waals surface area contributed by atoms with Crippen LogP contribution in [0.2, 0.25) is 0 Å². The van der Waals surface area contributed by atoms with Crippen molar-refractivity contribution in [1.82, 2.24) is 15.5 Å². The molecule has 2 atom stereocenters. The van der Waals surface area contributed by atoms with Gasteiger partial charge >= 0.3 is 6.09 Å². The molecule has 3 amide bonds. The first kappa shape index (κ1) is 30.2. The van der Waals surface area contributed by atoms with Gasteiger partial charge in [-0.15, -0.1) is 6.42 Å². The first-order chi connectivity index (χ1) is 17.6. The summed E-state index contributed by atoms with van der Waals surface area (Å²) >= 11 is 0. The van der Waals surface area contributed by atoms with Crippen LogP contribution in [-0.4, -0.2) is 58.8 Å². The largest absolute Gasteiger partial charge is 0.444 e. The molecule has 204 valence electrons. The van der Waals surface area contributed by atoms with E-state index in [-0.39, 0.29) is 18.5 Å². The van der Waals surface area contributed by atoms with Crippen LogP contribution < -0.4 is 10.6 Å². The Morgan fingerprint density at radius 2 is 1.84 bits per heavy atom. The third kappa shape index (κ3) is 9.40. The van der Waals surface area contributed by atoms with Crippen LogP contribution in [0.3, 0.4) is 0 Å². The van der Waals surface area contributed by atoms with Gasteiger partial charge in [0.15, 0.2) is 0 Å². The van der Waals surface area contributed by atoms with Gasteiger partial charge < -0.3 is 25.4 Å². The lowest BCUT2D eigenvalue weighted by molar-refractivity contribution is -0.143. The second kappa shape index (κ2) is 14.6. The highest BCUT2D eigenvalue weighted by molar-refractivity contribution is 5.92. The number of hydrogen-bond donors (Lipinski definition) is 3. The fourth-order valence-electron chi connectivity index (χ4n) is 4.58. The minimum atomic E-state index is -1.28. The maximum Gasteiger partial charge on any atom is 0.408 e. The van der Waals surface area contributed by atoms with Gasteiger partial charge in [-0.05, 0) is 51.7 Å². The Kier molecular flexibility index (Phi) is 11.9. The lowest BCUT2D eigenvalue weighted by atomic mass is 9.93. The minimum Gasteiger partial charge on any atom is -0.444 e. The van der Waals surface area contributed by atoms with Crippen molar-refractivity contribution in [3.63, 3.8) is 0 Å². The Hall–Kier alpha value is -3.05. The normalized spacial score (nSPS) is 15.7. The van der Waals surface area contributed by atoms with E-state index in [1.807, 2.05) is 6.92 Å². The zero-order valence-corrected chi connectivity index (χ0v) is 22.7. The van der Waals surface area contributed by atoms with Crippen LogP contribution in [0.4, 0.5) is 4.79 Å². The van der Waals surface area contributed by atoms with Gasteiger partial charge in [0.2, 0.25) is 11.8 Å². The third-order valence-electron chi connectivity index (χ3n) is 6.38. The lowest BCUT2D eigenvalue weighted by Crippen LogP contribution is -2.55. The van der Waals surface area contributed by atoms with E-state index in [1.165, 1.54) is 4.90 Å². The summed E-state index contributed by atoms with van der Waals surface area (Å²) < 4.78 is 5.29. The molecule has 0 aromatic heterocycles. The molecule has 2 unspecified atom stereocenters. The minimum absolute atomic E-state index is 0.0304. The molecule has 8 nitrogen and oxygen atoms in total. The number of ether oxygens (including phenoxy) is 1. The molecule has 1 aliphatic carbocycles. The Morgan fingerprint density at radius 1 is 1.16 bits per heavy atom. The monoisotopic (exact) mass is 513 g/mol. The van der Waals surface area contributed by atoms with Crippen LogP contribution in [0.15, 0.2) is 24.3 Å². The third-order valence-corrected chi connectivity index (χ3v) is 6.38. The standard InChI is InChI=1S/C29H43N3O5/c1-6-8-14-19-32(27(35)24(20-33)31-28(36)37-29(3,4)5)25(23-18-13-12-15-21(23)7-2)26(34)30-22-16-10-9-11-17-22/h2,12-13,15,18,22,24-25,33H,6,8-11,14,16-17,19-20H2,1,3-5H3,(H,30,34)(H,31,36). The number of benzene rings is 1. The summed E-state index contributed by atoms with van der Waals surface area (Å²) in [6.07, 6.45) is 12.4. The maximum absolute atomic E-state index is 13.8. The number of aliphatic hydroxyl groups excluding tert-OH is 1. The van der Waals surface area contributed by atoms with E-state index < -0.39 is 36.3 Å². The SMILES string of the molecule is C#Cc1ccccc1C(C(=O)NC1CCCCC1)N(CCCCC)C(=O)C(CO)NC(=O)OC(C)(C)C. The van der Waals surface area contributed by atoms with Crippen molar-refractivity contribution in [1.29, 1.82) is 0 Å². The number of unbranched alkanes of at least 4 members (excludes halogenated alkanes) is 2. The molecule has 0 radical (unpaired) electrons. The number of aliphatic hydroxyl groups is 1. The van der Waals surface area contributed by atoms with Crippen LogP contribution in [0.5, 0.6) is 0 Å². The van der Waals surface area contributed by atoms with E-state index in [0.29, 0.717) is 17.5 Å². The number of nitrogens with zero attached hydrogens (tertiary/aromatic N) is 1. The second-order valence-corrected chi connectivity index (χ2v) is 10.6. The van der Waals surface area contributed by atoms with Crippen molar-refractivity contribution in [2.45, 2.75) is 103 Å². The molecule has 1 aromatic rings. The molecule has 0 saturated heterocycles. The molecule has 1 aliphatic rings. The number of rotatable bonds is 11. The zero-order chi connectivity index (χ0) is 27.4. The predicted molar refractivity (Wildman–Crippen MR) is 144 cm³/mol. The van der Waals surface area contributed by atoms with Gasteiger partial charge in [-0.1, -0.05) is 63.1 Å². The lowest BCUT2D eigenvalue weighted by Gasteiger charge is -2.36. The average molecular weight is 514 g/mol. The van der Waals surface area contributed by atoms with E-state index in [9.17, 15) is 19.5 Å². The fraction of sp³-hybridized carbons (Fsp3) is 0.621. The predicted octanol–water partition coefficient (Wildman–Crippen LogP) is 4.06. The Morgan fingerprint density at radius 3 is 2.43 bits per heavy atom. The molecular weight excluding hydrogens is 470 g/mol. The summed E-state index contributed by atoms with van der Waals surface area (Å²) in [6.45, 7) is 6.80. The number of hydrogen-bond acceptors (Lipinski definition) is 5. The quantitative estimate of drug-likeness (QED) is 0.305. The van der Waals surface area contributed by atoms with Crippen LogP contribution in [-0.2, 0) is 14.3 Å². The van der Waals surface area contributed by atoms with E-state index in [0.717, 1.165) is 44.9 Å². The highest BCUT2D eigenvalue weighted by Crippen LogP contribution is 2.27. The van der Waals surface area contributed by atoms with Crippen LogP contribution in [0.1, 0.15) is 96.2 Å². The molecular formula is C29H43N3O5. The average Bonchev–Trinajstić information content (AvgIpc) is 2.86. The highest BCUT2D eigenvalue weighted by atomic mass is 16.6. The summed E-state index contributed by atoms with van der Waals surface area (Å²) in [6, 6.07) is 4.82. The second-order valence-electron chi connectivity index (χ2n) is 10.6. The topological polar surface area (TPSA) is 108 Å². The van der Waals surface area contributed by atoms with E-state index in [4.69, 9.17) is 11.2 Å². The molecule has 1 saturated carbocycles. The van der Waals surface area contributed by atoms with Crippen molar-refractivity contribution in [2.75, 3.05) is 13.2 Å². The van der Waals surface area contributed by atoms with Crippen molar-refractivity contribution < 1.29 is 24.2 Å². The Balaban J connectivity index is 2.45. The Labute approximate surface area is 221 Å². The van der Waals surface area contributed by atoms with Gasteiger partial charge in [0.05, 0.1) is 6.61 Å². The summed E-state index contributed by atoms with van der Waals surface area (Å²) in [5.74, 6) is 1.76. The van der Waals surface area contributed by atoms with Crippen LogP contribution in [0.25, 0.3) is 0 Å². The Bertz CT molecular complexity index is 944. The molecule has 3 N–H and O–H groups in total. The molecule has 8 heteroatoms. The number of carbonyl (C=O) groups is 3. The molecule has 2 rings (SSSR count). The maximum atomic E-state index is 13.8. The zero-order valence-electron chi connectivity index (χ0n) is 22.7. The highest BCUT2D eigenvalue weighted by Gasteiger charge is 2.37. The number of alkyl carbamates (subject to hydrolysis) is 1. The fourth-order valence-corrected chi connectivity index (χ4v) is 4.58. The number of carbonyl (C=O) groups excluding carboxylic acids is 3. The molecule has 0 heterocycles. The van der Waals surface area contributed by atoms with Gasteiger partial charge in [-0.3, -0.25) is 9.59 Å². The number of amides is 3. The number of terminal acetylenes is 1. The van der Waals surface area contributed by atoms with Gasteiger partial charge in [-0.25, -0.2) is 4.79 Å². The van der Waals surface area contributed by atoms with Crippen molar-refractivity contribution in [2.24, 2.45) is 0 Å². The van der Waals surface area contributed by atoms with Crippen molar-refractivity contribution in [3.05, 3.63) is 35.4 Å². The smallest absolute Gasteiger partial charge is 0.408 e. The molecule has 1 fully saturated rings. The van der Waals surface area contributed by atoms with Gasteiger partial charge in [0.25, 0.3) is 0 Å². The van der Waals surface area contributed by atoms with Crippen LogP contribution in [0, 0.1) is 12.3 Å². The molecule has 0 spiro atoms. The van der Waals surface area contributed by atoms with Crippen molar-refractivity contribution >= 4 is 17.9 Å². The van der Waals surface area contributed by atoms with E-state index in [1.54, 1.807) is 45.0 Å². The van der Waals surface area contributed by atoms with E-state index >= 15 is 0 Å². The first-order valence-electron chi connectivity index (χ1n) is 13.4. The number of nitrogens with one attached hydrogen (secondary N) is 2.